The van der Waals surface area contributed by atoms with E-state index >= 15 is 0 Å². The molecular weight excluding hydrogens is 254 g/mol. The highest BCUT2D eigenvalue weighted by Gasteiger charge is 2.28. The maximum atomic E-state index is 12.1. The third kappa shape index (κ3) is 3.13. The molecule has 0 amide bonds. The Morgan fingerprint density at radius 3 is 2.75 bits per heavy atom. The summed E-state index contributed by atoms with van der Waals surface area (Å²) in [6.07, 6.45) is 4.86. The molecule has 0 aromatic heterocycles. The van der Waals surface area contributed by atoms with E-state index in [1.165, 1.54) is 6.08 Å². The monoisotopic (exact) mass is 275 g/mol. The molecule has 1 aliphatic heterocycles. The van der Waals surface area contributed by atoms with E-state index in [-0.39, 0.29) is 17.1 Å². The van der Waals surface area contributed by atoms with Gasteiger partial charge in [0.2, 0.25) is 0 Å². The maximum Gasteiger partial charge on any atom is 0.191 e. The number of aromatic hydroxyl groups is 1. The summed E-state index contributed by atoms with van der Waals surface area (Å²) in [5.41, 5.74) is 1.07. The summed E-state index contributed by atoms with van der Waals surface area (Å²) in [5.74, 6) is 0.436. The highest BCUT2D eigenvalue weighted by molar-refractivity contribution is 6.06. The van der Waals surface area contributed by atoms with Crippen molar-refractivity contribution in [2.45, 2.75) is 32.3 Å². The van der Waals surface area contributed by atoms with Crippen LogP contribution in [0.2, 0.25) is 0 Å². The molecule has 0 spiro atoms. The Morgan fingerprint density at radius 1 is 1.40 bits per heavy atom. The number of benzene rings is 1. The molecule has 0 atom stereocenters. The van der Waals surface area contributed by atoms with E-state index in [1.807, 2.05) is 27.9 Å². The van der Waals surface area contributed by atoms with Crippen LogP contribution >= 0.6 is 0 Å². The average Bonchev–Trinajstić information content (AvgIpc) is 2.34. The number of phenols is 1. The van der Waals surface area contributed by atoms with E-state index in [0.29, 0.717) is 11.3 Å². The predicted molar refractivity (Wildman–Crippen MR) is 78.3 cm³/mol. The Balaban J connectivity index is 2.32. The number of hydrogen-bond donors (Lipinski definition) is 1. The fourth-order valence-electron chi connectivity index (χ4n) is 2.19. The minimum absolute atomic E-state index is 0.0325. The Hall–Kier alpha value is -1.97. The standard InChI is InChI=1S/C16H21NO3/c1-16(2)7-5-11-9-12(13(18)6-8-17(3)4)14(19)10-15(11)20-16/h6,8-10,19H,5,7H2,1-4H3/b8-6+. The molecule has 4 heteroatoms. The lowest BCUT2D eigenvalue weighted by Crippen LogP contribution is -2.32. The van der Waals surface area contributed by atoms with Crippen molar-refractivity contribution >= 4 is 5.78 Å². The summed E-state index contributed by atoms with van der Waals surface area (Å²) in [6.45, 7) is 4.04. The summed E-state index contributed by atoms with van der Waals surface area (Å²) in [4.78, 5) is 13.8. The summed E-state index contributed by atoms with van der Waals surface area (Å²) >= 11 is 0. The van der Waals surface area contributed by atoms with Crippen LogP contribution in [-0.4, -0.2) is 35.5 Å². The largest absolute Gasteiger partial charge is 0.507 e. The van der Waals surface area contributed by atoms with Gasteiger partial charge in [-0.05, 0) is 38.3 Å². The molecule has 0 fully saturated rings. The quantitative estimate of drug-likeness (QED) is 0.680. The third-order valence-electron chi connectivity index (χ3n) is 3.35. The van der Waals surface area contributed by atoms with Crippen LogP contribution in [0.4, 0.5) is 0 Å². The molecule has 0 aliphatic carbocycles. The first-order valence-electron chi connectivity index (χ1n) is 6.72. The van der Waals surface area contributed by atoms with Crippen molar-refractivity contribution in [3.8, 4) is 11.5 Å². The lowest BCUT2D eigenvalue weighted by atomic mass is 9.92. The molecule has 4 nitrogen and oxygen atoms in total. The van der Waals surface area contributed by atoms with Gasteiger partial charge in [-0.2, -0.15) is 0 Å². The fraction of sp³-hybridized carbons (Fsp3) is 0.438. The number of aryl methyl sites for hydroxylation is 1. The van der Waals surface area contributed by atoms with Gasteiger partial charge in [0.05, 0.1) is 5.56 Å². The molecular formula is C16H21NO3. The molecule has 1 aliphatic rings. The van der Waals surface area contributed by atoms with Crippen LogP contribution in [0.1, 0.15) is 36.2 Å². The van der Waals surface area contributed by atoms with E-state index in [9.17, 15) is 9.90 Å². The number of ether oxygens (including phenoxy) is 1. The van der Waals surface area contributed by atoms with Crippen LogP contribution in [0, 0.1) is 0 Å². The summed E-state index contributed by atoms with van der Waals surface area (Å²) in [5, 5.41) is 10.0. The van der Waals surface area contributed by atoms with Crippen LogP contribution in [0.5, 0.6) is 11.5 Å². The topological polar surface area (TPSA) is 49.8 Å². The lowest BCUT2D eigenvalue weighted by Gasteiger charge is -2.32. The minimum atomic E-state index is -0.226. The first kappa shape index (κ1) is 14.4. The van der Waals surface area contributed by atoms with Crippen molar-refractivity contribution in [2.75, 3.05) is 14.1 Å². The average molecular weight is 275 g/mol. The van der Waals surface area contributed by atoms with Gasteiger partial charge < -0.3 is 14.7 Å². The zero-order valence-corrected chi connectivity index (χ0v) is 12.4. The molecule has 0 unspecified atom stereocenters. The molecule has 1 N–H and O–H groups in total. The number of allylic oxidation sites excluding steroid dienone is 1. The number of ketones is 1. The molecule has 0 bridgehead atoms. The summed E-state index contributed by atoms with van der Waals surface area (Å²) in [6, 6.07) is 3.29. The first-order chi connectivity index (χ1) is 9.28. The molecule has 1 aromatic rings. The Morgan fingerprint density at radius 2 is 2.10 bits per heavy atom. The van der Waals surface area contributed by atoms with E-state index in [1.54, 1.807) is 23.2 Å². The maximum absolute atomic E-state index is 12.1. The van der Waals surface area contributed by atoms with E-state index < -0.39 is 0 Å². The predicted octanol–water partition coefficient (Wildman–Crippen LogP) is 2.75. The van der Waals surface area contributed by atoms with Crippen LogP contribution in [0.15, 0.2) is 24.4 Å². The fourth-order valence-corrected chi connectivity index (χ4v) is 2.19. The Labute approximate surface area is 119 Å². The van der Waals surface area contributed by atoms with Gasteiger partial charge in [-0.15, -0.1) is 0 Å². The molecule has 0 saturated carbocycles. The molecule has 2 rings (SSSR count). The van der Waals surface area contributed by atoms with Gasteiger partial charge in [0.25, 0.3) is 0 Å². The first-order valence-corrected chi connectivity index (χ1v) is 6.72. The zero-order valence-electron chi connectivity index (χ0n) is 12.4. The van der Waals surface area contributed by atoms with Crippen LogP contribution in [0.3, 0.4) is 0 Å². The molecule has 20 heavy (non-hydrogen) atoms. The second-order valence-electron chi connectivity index (χ2n) is 5.98. The smallest absolute Gasteiger partial charge is 0.191 e. The van der Waals surface area contributed by atoms with Crippen LogP contribution < -0.4 is 4.74 Å². The van der Waals surface area contributed by atoms with Gasteiger partial charge >= 0.3 is 0 Å². The van der Waals surface area contributed by atoms with Gasteiger partial charge in [0.15, 0.2) is 5.78 Å². The Kier molecular flexibility index (Phi) is 3.75. The lowest BCUT2D eigenvalue weighted by molar-refractivity contribution is 0.0842. The summed E-state index contributed by atoms with van der Waals surface area (Å²) < 4.78 is 5.84. The highest BCUT2D eigenvalue weighted by Crippen LogP contribution is 2.37. The van der Waals surface area contributed by atoms with Gasteiger partial charge in [0, 0.05) is 32.4 Å². The van der Waals surface area contributed by atoms with Crippen LogP contribution in [-0.2, 0) is 6.42 Å². The molecule has 0 saturated heterocycles. The number of carbonyl (C=O) groups excluding carboxylic acids is 1. The van der Waals surface area contributed by atoms with Crippen molar-refractivity contribution in [3.05, 3.63) is 35.5 Å². The van der Waals surface area contributed by atoms with Crippen molar-refractivity contribution < 1.29 is 14.6 Å². The molecule has 108 valence electrons. The van der Waals surface area contributed by atoms with Crippen molar-refractivity contribution in [1.29, 1.82) is 0 Å². The molecule has 1 aromatic carbocycles. The Bertz CT molecular complexity index is 559. The SMILES string of the molecule is CN(C)/C=C/C(=O)c1cc2c(cc1O)OC(C)(C)CC2. The molecule has 0 radical (unpaired) electrons. The van der Waals surface area contributed by atoms with Gasteiger partial charge in [-0.25, -0.2) is 0 Å². The zero-order chi connectivity index (χ0) is 14.9. The summed E-state index contributed by atoms with van der Waals surface area (Å²) in [7, 11) is 3.68. The number of fused-ring (bicyclic) bond motifs is 1. The van der Waals surface area contributed by atoms with Gasteiger partial charge in [-0.1, -0.05) is 0 Å². The molecule has 1 heterocycles. The van der Waals surface area contributed by atoms with Crippen molar-refractivity contribution in [1.82, 2.24) is 4.90 Å². The number of carbonyl (C=O) groups is 1. The van der Waals surface area contributed by atoms with Crippen molar-refractivity contribution in [3.63, 3.8) is 0 Å². The number of hydrogen-bond acceptors (Lipinski definition) is 4. The second-order valence-corrected chi connectivity index (χ2v) is 5.98. The highest BCUT2D eigenvalue weighted by atomic mass is 16.5. The number of nitrogens with zero attached hydrogens (tertiary/aromatic N) is 1. The second kappa shape index (κ2) is 5.19. The van der Waals surface area contributed by atoms with E-state index in [4.69, 9.17) is 4.74 Å². The van der Waals surface area contributed by atoms with E-state index in [2.05, 4.69) is 0 Å². The van der Waals surface area contributed by atoms with E-state index in [0.717, 1.165) is 18.4 Å². The number of rotatable bonds is 3. The van der Waals surface area contributed by atoms with Gasteiger partial charge in [-0.3, -0.25) is 4.79 Å². The third-order valence-corrected chi connectivity index (χ3v) is 3.35. The number of phenolic OH excluding ortho intramolecular Hbond substituents is 1. The minimum Gasteiger partial charge on any atom is -0.507 e. The van der Waals surface area contributed by atoms with Gasteiger partial charge in [0.1, 0.15) is 17.1 Å². The van der Waals surface area contributed by atoms with Crippen molar-refractivity contribution in [2.24, 2.45) is 0 Å². The van der Waals surface area contributed by atoms with Crippen LogP contribution in [0.25, 0.3) is 0 Å². The normalized spacial score (nSPS) is 16.6.